The van der Waals surface area contributed by atoms with Crippen molar-refractivity contribution < 1.29 is 5.11 Å². The molecule has 0 saturated heterocycles. The highest BCUT2D eigenvalue weighted by Crippen LogP contribution is 2.27. The van der Waals surface area contributed by atoms with Crippen LogP contribution in [0.4, 0.5) is 0 Å². The average molecular weight is 223 g/mol. The maximum Gasteiger partial charge on any atom is 0.223 e. The molecule has 0 fully saturated rings. The van der Waals surface area contributed by atoms with Crippen LogP contribution in [0.2, 0.25) is 0 Å². The van der Waals surface area contributed by atoms with Crippen LogP contribution >= 0.6 is 0 Å². The van der Waals surface area contributed by atoms with Gasteiger partial charge >= 0.3 is 0 Å². The molecule has 0 aromatic carbocycles. The standard InChI is InChI=1S/C13H21NO2/c1-9(2)8-13(4,5)14-7-6-11(15)12(16)10(14)3/h6-7,9,16H,8H2,1-5H3. The van der Waals surface area contributed by atoms with E-state index in [0.717, 1.165) is 6.42 Å². The smallest absolute Gasteiger partial charge is 0.223 e. The predicted octanol–water partition coefficient (Wildman–Crippen LogP) is 2.64. The lowest BCUT2D eigenvalue weighted by atomic mass is 9.92. The van der Waals surface area contributed by atoms with E-state index in [2.05, 4.69) is 27.7 Å². The van der Waals surface area contributed by atoms with Crippen LogP contribution in [0.15, 0.2) is 17.1 Å². The van der Waals surface area contributed by atoms with Crippen molar-refractivity contribution >= 4 is 0 Å². The van der Waals surface area contributed by atoms with Gasteiger partial charge in [0, 0.05) is 17.8 Å². The Hall–Kier alpha value is -1.25. The molecule has 0 radical (unpaired) electrons. The zero-order chi connectivity index (χ0) is 12.5. The molecular weight excluding hydrogens is 202 g/mol. The Bertz CT molecular complexity index is 430. The van der Waals surface area contributed by atoms with Gasteiger partial charge in [0.15, 0.2) is 5.75 Å². The highest BCUT2D eigenvalue weighted by molar-refractivity contribution is 5.26. The molecule has 3 heteroatoms. The van der Waals surface area contributed by atoms with Crippen LogP contribution < -0.4 is 5.43 Å². The fourth-order valence-corrected chi connectivity index (χ4v) is 2.38. The molecule has 0 aliphatic heterocycles. The third kappa shape index (κ3) is 2.46. The molecule has 0 aliphatic rings. The maximum absolute atomic E-state index is 11.3. The first-order chi connectivity index (χ1) is 7.25. The Kier molecular flexibility index (Phi) is 3.46. The lowest BCUT2D eigenvalue weighted by Gasteiger charge is -2.32. The molecule has 0 bridgehead atoms. The van der Waals surface area contributed by atoms with Crippen LogP contribution in [-0.4, -0.2) is 9.67 Å². The molecule has 0 aliphatic carbocycles. The van der Waals surface area contributed by atoms with Gasteiger partial charge in [0.1, 0.15) is 0 Å². The van der Waals surface area contributed by atoms with E-state index in [-0.39, 0.29) is 16.7 Å². The zero-order valence-electron chi connectivity index (χ0n) is 10.7. The Morgan fingerprint density at radius 3 is 2.50 bits per heavy atom. The minimum atomic E-state index is -0.311. The summed E-state index contributed by atoms with van der Waals surface area (Å²) in [6.07, 6.45) is 2.76. The summed E-state index contributed by atoms with van der Waals surface area (Å²) >= 11 is 0. The van der Waals surface area contributed by atoms with Gasteiger partial charge in [0.25, 0.3) is 0 Å². The van der Waals surface area contributed by atoms with E-state index < -0.39 is 0 Å². The SMILES string of the molecule is Cc1c(O)c(=O)ccn1C(C)(C)CC(C)C. The van der Waals surface area contributed by atoms with Crippen molar-refractivity contribution in [2.75, 3.05) is 0 Å². The highest BCUT2D eigenvalue weighted by Gasteiger charge is 2.23. The number of pyridine rings is 1. The number of nitrogens with zero attached hydrogens (tertiary/aromatic N) is 1. The third-order valence-corrected chi connectivity index (χ3v) is 2.87. The molecule has 1 heterocycles. The minimum absolute atomic E-state index is 0.0938. The lowest BCUT2D eigenvalue weighted by molar-refractivity contribution is 0.273. The van der Waals surface area contributed by atoms with Crippen molar-refractivity contribution in [3.63, 3.8) is 0 Å². The Morgan fingerprint density at radius 2 is 2.00 bits per heavy atom. The van der Waals surface area contributed by atoms with Crippen LogP contribution in [0.1, 0.15) is 39.8 Å². The van der Waals surface area contributed by atoms with Crippen LogP contribution in [-0.2, 0) is 5.54 Å². The normalized spacial score (nSPS) is 12.1. The largest absolute Gasteiger partial charge is 0.503 e. The molecule has 90 valence electrons. The summed E-state index contributed by atoms with van der Waals surface area (Å²) < 4.78 is 1.98. The van der Waals surface area contributed by atoms with E-state index in [4.69, 9.17) is 0 Å². The van der Waals surface area contributed by atoms with Gasteiger partial charge in [0.05, 0.1) is 5.69 Å². The molecule has 1 aromatic heterocycles. The van der Waals surface area contributed by atoms with Crippen molar-refractivity contribution in [1.29, 1.82) is 0 Å². The van der Waals surface area contributed by atoms with Gasteiger partial charge in [-0.3, -0.25) is 4.79 Å². The van der Waals surface area contributed by atoms with Gasteiger partial charge in [-0.05, 0) is 33.1 Å². The molecule has 0 spiro atoms. The van der Waals surface area contributed by atoms with Crippen molar-refractivity contribution in [3.05, 3.63) is 28.2 Å². The molecule has 16 heavy (non-hydrogen) atoms. The maximum atomic E-state index is 11.3. The summed E-state index contributed by atoms with van der Waals surface area (Å²) in [7, 11) is 0. The first kappa shape index (κ1) is 12.8. The van der Waals surface area contributed by atoms with Gasteiger partial charge in [-0.15, -0.1) is 0 Å². The molecule has 0 saturated carbocycles. The van der Waals surface area contributed by atoms with E-state index >= 15 is 0 Å². The number of hydrogen-bond donors (Lipinski definition) is 1. The van der Waals surface area contributed by atoms with Gasteiger partial charge in [0.2, 0.25) is 5.43 Å². The van der Waals surface area contributed by atoms with E-state index in [0.29, 0.717) is 11.6 Å². The monoisotopic (exact) mass is 223 g/mol. The lowest BCUT2D eigenvalue weighted by Crippen LogP contribution is -2.30. The molecule has 1 aromatic rings. The van der Waals surface area contributed by atoms with Crippen molar-refractivity contribution in [1.82, 2.24) is 4.57 Å². The van der Waals surface area contributed by atoms with Crippen molar-refractivity contribution in [2.24, 2.45) is 5.92 Å². The van der Waals surface area contributed by atoms with Gasteiger partial charge in [-0.1, -0.05) is 13.8 Å². The van der Waals surface area contributed by atoms with Crippen molar-refractivity contribution in [3.8, 4) is 5.75 Å². The molecule has 3 nitrogen and oxygen atoms in total. The Balaban J connectivity index is 3.23. The van der Waals surface area contributed by atoms with Crippen LogP contribution in [0.25, 0.3) is 0 Å². The Labute approximate surface area is 96.7 Å². The highest BCUT2D eigenvalue weighted by atomic mass is 16.3. The second-order valence-corrected chi connectivity index (χ2v) is 5.39. The van der Waals surface area contributed by atoms with E-state index in [1.165, 1.54) is 6.07 Å². The fraction of sp³-hybridized carbons (Fsp3) is 0.615. The van der Waals surface area contributed by atoms with Crippen molar-refractivity contribution in [2.45, 2.75) is 46.6 Å². The van der Waals surface area contributed by atoms with E-state index in [9.17, 15) is 9.90 Å². The average Bonchev–Trinajstić information content (AvgIpc) is 2.11. The summed E-state index contributed by atoms with van der Waals surface area (Å²) in [6, 6.07) is 1.42. The van der Waals surface area contributed by atoms with Gasteiger partial charge in [-0.25, -0.2) is 0 Å². The molecule has 1 N–H and O–H groups in total. The van der Waals surface area contributed by atoms with Crippen LogP contribution in [0.3, 0.4) is 0 Å². The van der Waals surface area contributed by atoms with Crippen LogP contribution in [0.5, 0.6) is 5.75 Å². The topological polar surface area (TPSA) is 42.2 Å². The molecule has 0 atom stereocenters. The summed E-state index contributed by atoms with van der Waals surface area (Å²) in [5.74, 6) is 0.426. The van der Waals surface area contributed by atoms with E-state index in [1.807, 2.05) is 4.57 Å². The second-order valence-electron chi connectivity index (χ2n) is 5.39. The van der Waals surface area contributed by atoms with Gasteiger partial charge < -0.3 is 9.67 Å². The first-order valence-corrected chi connectivity index (χ1v) is 5.67. The Morgan fingerprint density at radius 1 is 1.44 bits per heavy atom. The predicted molar refractivity (Wildman–Crippen MR) is 65.9 cm³/mol. The van der Waals surface area contributed by atoms with Crippen LogP contribution in [0, 0.1) is 12.8 Å². The summed E-state index contributed by atoms with van der Waals surface area (Å²) in [5.41, 5.74) is 0.232. The summed E-state index contributed by atoms with van der Waals surface area (Å²) in [6.45, 7) is 10.3. The number of hydrogen-bond acceptors (Lipinski definition) is 2. The third-order valence-electron chi connectivity index (χ3n) is 2.87. The minimum Gasteiger partial charge on any atom is -0.503 e. The number of aromatic nitrogens is 1. The molecule has 1 rings (SSSR count). The van der Waals surface area contributed by atoms with Gasteiger partial charge in [-0.2, -0.15) is 0 Å². The fourth-order valence-electron chi connectivity index (χ4n) is 2.38. The summed E-state index contributed by atoms with van der Waals surface area (Å²) in [4.78, 5) is 11.3. The molecule has 0 unspecified atom stereocenters. The quantitative estimate of drug-likeness (QED) is 0.856. The first-order valence-electron chi connectivity index (χ1n) is 5.67. The summed E-state index contributed by atoms with van der Waals surface area (Å²) in [5, 5.41) is 9.65. The molecule has 0 amide bonds. The number of rotatable bonds is 3. The van der Waals surface area contributed by atoms with E-state index in [1.54, 1.807) is 13.1 Å². The number of aromatic hydroxyl groups is 1. The molecular formula is C13H21NO2. The zero-order valence-corrected chi connectivity index (χ0v) is 10.7. The second kappa shape index (κ2) is 4.32.